The van der Waals surface area contributed by atoms with Crippen molar-refractivity contribution in [2.45, 2.75) is 17.9 Å². The van der Waals surface area contributed by atoms with Crippen LogP contribution in [0.3, 0.4) is 0 Å². The number of hydrogen-bond acceptors (Lipinski definition) is 6. The molecule has 176 valence electrons. The molecule has 3 aromatic carbocycles. The maximum atomic E-state index is 13.1. The van der Waals surface area contributed by atoms with E-state index in [0.717, 1.165) is 32.8 Å². The molecule has 0 bridgehead atoms. The molecule has 0 unspecified atom stereocenters. The summed E-state index contributed by atoms with van der Waals surface area (Å²) in [6.07, 6.45) is -0.423. The quantitative estimate of drug-likeness (QED) is 0.497. The zero-order chi connectivity index (χ0) is 24.2. The van der Waals surface area contributed by atoms with Crippen molar-refractivity contribution in [2.75, 3.05) is 20.4 Å². The Kier molecular flexibility index (Phi) is 5.12. The number of nitrogens with zero attached hydrogens (tertiary/aromatic N) is 2. The molecule has 0 radical (unpaired) electrons. The highest BCUT2D eigenvalue weighted by Gasteiger charge is 2.55. The van der Waals surface area contributed by atoms with E-state index in [-0.39, 0.29) is 25.7 Å². The molecular formula is C27H21ClN2O5. The van der Waals surface area contributed by atoms with Gasteiger partial charge in [-0.25, -0.2) is 9.59 Å². The Morgan fingerprint density at radius 2 is 1.74 bits per heavy atom. The number of rotatable bonds is 3. The highest BCUT2D eigenvalue weighted by molar-refractivity contribution is 6.31. The smallest absolute Gasteiger partial charge is 0.432 e. The highest BCUT2D eigenvalue weighted by atomic mass is 35.5. The van der Waals surface area contributed by atoms with Gasteiger partial charge < -0.3 is 14.2 Å². The summed E-state index contributed by atoms with van der Waals surface area (Å²) in [6, 6.07) is 21.5. The van der Waals surface area contributed by atoms with Crippen LogP contribution in [0.25, 0.3) is 11.1 Å². The summed E-state index contributed by atoms with van der Waals surface area (Å²) in [7, 11) is 1.30. The van der Waals surface area contributed by atoms with Gasteiger partial charge in [0.2, 0.25) is 5.60 Å². The summed E-state index contributed by atoms with van der Waals surface area (Å²) in [5.41, 5.74) is 4.93. The van der Waals surface area contributed by atoms with Crippen LogP contribution in [0.4, 0.5) is 4.79 Å². The second-order valence-electron chi connectivity index (χ2n) is 8.72. The Balaban J connectivity index is 1.27. The Labute approximate surface area is 206 Å². The summed E-state index contributed by atoms with van der Waals surface area (Å²) in [4.78, 5) is 25.8. The van der Waals surface area contributed by atoms with Gasteiger partial charge in [-0.15, -0.1) is 0 Å². The summed E-state index contributed by atoms with van der Waals surface area (Å²) in [5.74, 6) is -0.649. The number of hydrogen-bond donors (Lipinski definition) is 0. The first kappa shape index (κ1) is 21.8. The molecule has 1 amide bonds. The molecule has 1 heterocycles. The molecule has 3 aliphatic rings. The largest absolute Gasteiger partial charge is 0.467 e. The van der Waals surface area contributed by atoms with E-state index in [0.29, 0.717) is 16.3 Å². The molecule has 0 aromatic heterocycles. The minimum atomic E-state index is -1.41. The predicted molar refractivity (Wildman–Crippen MR) is 129 cm³/mol. The molecule has 1 atom stereocenters. The van der Waals surface area contributed by atoms with Gasteiger partial charge >= 0.3 is 12.1 Å². The van der Waals surface area contributed by atoms with Crippen molar-refractivity contribution in [3.63, 3.8) is 0 Å². The van der Waals surface area contributed by atoms with E-state index >= 15 is 0 Å². The molecule has 6 rings (SSSR count). The Morgan fingerprint density at radius 3 is 2.43 bits per heavy atom. The topological polar surface area (TPSA) is 77.4 Å². The molecule has 0 N–H and O–H groups in total. The second-order valence-corrected chi connectivity index (χ2v) is 9.16. The van der Waals surface area contributed by atoms with Crippen LogP contribution in [0.15, 0.2) is 71.8 Å². The number of halogens is 1. The van der Waals surface area contributed by atoms with Gasteiger partial charge in [0.15, 0.2) is 0 Å². The van der Waals surface area contributed by atoms with Crippen LogP contribution in [0.5, 0.6) is 0 Å². The van der Waals surface area contributed by atoms with Crippen molar-refractivity contribution < 1.29 is 23.8 Å². The lowest BCUT2D eigenvalue weighted by atomic mass is 9.97. The zero-order valence-corrected chi connectivity index (χ0v) is 19.6. The average Bonchev–Trinajstić information content (AvgIpc) is 3.39. The number of hydrazone groups is 1. The lowest BCUT2D eigenvalue weighted by Gasteiger charge is -2.34. The van der Waals surface area contributed by atoms with E-state index in [1.54, 1.807) is 18.2 Å². The standard InChI is InChI=1S/C27H21ClN2O5/c1-33-25(31)27-13-16-12-17(28)10-11-18(16)24(27)29-30(15-35-27)26(32)34-14-23-21-8-4-2-6-19(21)20-7-3-5-9-22(20)23/h2-12,23H,13-15H2,1H3/t27-/m1/s1. The van der Waals surface area contributed by atoms with Crippen LogP contribution in [0, 0.1) is 0 Å². The number of carbonyl (C=O) groups excluding carboxylic acids is 2. The van der Waals surface area contributed by atoms with Crippen LogP contribution in [0.1, 0.15) is 28.2 Å². The first-order valence-corrected chi connectivity index (χ1v) is 11.6. The summed E-state index contributed by atoms with van der Waals surface area (Å²) >= 11 is 6.15. The van der Waals surface area contributed by atoms with Crippen molar-refractivity contribution in [1.82, 2.24) is 5.01 Å². The van der Waals surface area contributed by atoms with E-state index in [1.165, 1.54) is 7.11 Å². The molecule has 0 fully saturated rings. The third-order valence-corrected chi connectivity index (χ3v) is 7.10. The monoisotopic (exact) mass is 488 g/mol. The summed E-state index contributed by atoms with van der Waals surface area (Å²) in [5, 5.41) is 6.14. The lowest BCUT2D eigenvalue weighted by molar-refractivity contribution is -0.166. The Morgan fingerprint density at radius 1 is 1.06 bits per heavy atom. The van der Waals surface area contributed by atoms with Gasteiger partial charge in [0.1, 0.15) is 19.0 Å². The van der Waals surface area contributed by atoms with E-state index in [1.807, 2.05) is 24.3 Å². The molecule has 8 heteroatoms. The Bertz CT molecular complexity index is 1360. The number of ether oxygens (including phenoxy) is 3. The van der Waals surface area contributed by atoms with Crippen molar-refractivity contribution >= 4 is 29.4 Å². The molecule has 0 saturated carbocycles. The van der Waals surface area contributed by atoms with Gasteiger partial charge in [-0.05, 0) is 39.9 Å². The van der Waals surface area contributed by atoms with Crippen molar-refractivity contribution in [1.29, 1.82) is 0 Å². The van der Waals surface area contributed by atoms with Gasteiger partial charge in [0.25, 0.3) is 0 Å². The second kappa shape index (κ2) is 8.22. The third kappa shape index (κ3) is 3.34. The van der Waals surface area contributed by atoms with Crippen molar-refractivity contribution in [3.8, 4) is 11.1 Å². The predicted octanol–water partition coefficient (Wildman–Crippen LogP) is 4.75. The van der Waals surface area contributed by atoms with Gasteiger partial charge in [0.05, 0.1) is 7.11 Å². The highest BCUT2D eigenvalue weighted by Crippen LogP contribution is 2.45. The number of amides is 1. The normalized spacial score (nSPS) is 19.8. The minimum absolute atomic E-state index is 0.0757. The fourth-order valence-electron chi connectivity index (χ4n) is 5.24. The maximum absolute atomic E-state index is 13.1. The summed E-state index contributed by atoms with van der Waals surface area (Å²) in [6.45, 7) is -0.0838. The molecule has 3 aromatic rings. The number of methoxy groups -OCH3 is 1. The molecular weight excluding hydrogens is 468 g/mol. The Hall–Kier alpha value is -3.68. The molecule has 2 aliphatic carbocycles. The number of benzene rings is 3. The van der Waals surface area contributed by atoms with Crippen LogP contribution in [0.2, 0.25) is 5.02 Å². The fourth-order valence-corrected chi connectivity index (χ4v) is 5.43. The number of carbonyl (C=O) groups is 2. The first-order valence-electron chi connectivity index (χ1n) is 11.2. The summed E-state index contributed by atoms with van der Waals surface area (Å²) < 4.78 is 16.7. The van der Waals surface area contributed by atoms with Crippen LogP contribution < -0.4 is 0 Å². The van der Waals surface area contributed by atoms with Crippen LogP contribution >= 0.6 is 11.6 Å². The molecule has 0 saturated heterocycles. The number of fused-ring (bicyclic) bond motifs is 6. The maximum Gasteiger partial charge on any atom is 0.432 e. The van der Waals surface area contributed by atoms with Crippen LogP contribution in [-0.2, 0) is 25.4 Å². The average molecular weight is 489 g/mol. The van der Waals surface area contributed by atoms with Gasteiger partial charge in [-0.2, -0.15) is 10.1 Å². The minimum Gasteiger partial charge on any atom is -0.467 e. The molecule has 1 aliphatic heterocycles. The van der Waals surface area contributed by atoms with E-state index in [2.05, 4.69) is 29.4 Å². The fraction of sp³-hybridized carbons (Fsp3) is 0.222. The SMILES string of the molecule is COC(=O)[C@@]12Cc3cc(Cl)ccc3C1=NN(C(=O)OCC1c3ccccc3-c3ccccc31)CO2. The molecule has 0 spiro atoms. The van der Waals surface area contributed by atoms with E-state index in [4.69, 9.17) is 25.8 Å². The molecule has 35 heavy (non-hydrogen) atoms. The van der Waals surface area contributed by atoms with Crippen molar-refractivity contribution in [3.05, 3.63) is 94.0 Å². The van der Waals surface area contributed by atoms with E-state index < -0.39 is 17.7 Å². The van der Waals surface area contributed by atoms with Gasteiger partial charge in [-0.3, -0.25) is 0 Å². The lowest BCUT2D eigenvalue weighted by Crippen LogP contribution is -2.54. The zero-order valence-electron chi connectivity index (χ0n) is 18.9. The van der Waals surface area contributed by atoms with Crippen LogP contribution in [-0.4, -0.2) is 48.8 Å². The van der Waals surface area contributed by atoms with E-state index in [9.17, 15) is 9.59 Å². The van der Waals surface area contributed by atoms with Gasteiger partial charge in [-0.1, -0.05) is 66.2 Å². The first-order chi connectivity index (χ1) is 17.0. The number of esters is 1. The third-order valence-electron chi connectivity index (χ3n) is 6.86. The van der Waals surface area contributed by atoms with Crippen molar-refractivity contribution in [2.24, 2.45) is 5.10 Å². The van der Waals surface area contributed by atoms with Gasteiger partial charge in [0, 0.05) is 22.9 Å². The molecule has 7 nitrogen and oxygen atoms in total.